The fourth-order valence-electron chi connectivity index (χ4n) is 1.98. The van der Waals surface area contributed by atoms with Gasteiger partial charge in [0.1, 0.15) is 6.54 Å². The van der Waals surface area contributed by atoms with Gasteiger partial charge in [-0.1, -0.05) is 0 Å². The van der Waals surface area contributed by atoms with E-state index in [1.165, 1.54) is 4.90 Å². The van der Waals surface area contributed by atoms with Crippen molar-refractivity contribution in [3.05, 3.63) is 0 Å². The number of ether oxygens (including phenoxy) is 1. The maximum absolute atomic E-state index is 12.0. The molecule has 0 spiro atoms. The largest absolute Gasteiger partial charge is 0.394 e. The van der Waals surface area contributed by atoms with Crippen LogP contribution in [0.2, 0.25) is 0 Å². The van der Waals surface area contributed by atoms with Gasteiger partial charge in [-0.3, -0.25) is 14.5 Å². The normalized spacial score (nSPS) is 24.4. The van der Waals surface area contributed by atoms with Gasteiger partial charge >= 0.3 is 6.03 Å². The molecule has 1 atom stereocenters. The molecule has 0 radical (unpaired) electrons. The van der Waals surface area contributed by atoms with Gasteiger partial charge in [-0.2, -0.15) is 0 Å². The van der Waals surface area contributed by atoms with Crippen LogP contribution in [0.25, 0.3) is 0 Å². The Kier molecular flexibility index (Phi) is 3.78. The first-order chi connectivity index (χ1) is 8.63. The van der Waals surface area contributed by atoms with Crippen LogP contribution >= 0.6 is 0 Å². The average Bonchev–Trinajstić information content (AvgIpc) is 2.70. The highest BCUT2D eigenvalue weighted by atomic mass is 16.5. The van der Waals surface area contributed by atoms with E-state index in [0.717, 1.165) is 4.90 Å². The molecule has 8 heteroatoms. The predicted octanol–water partition coefficient (Wildman–Crippen LogP) is -2.24. The van der Waals surface area contributed by atoms with E-state index in [2.05, 4.69) is 5.32 Å². The highest BCUT2D eigenvalue weighted by Gasteiger charge is 2.34. The number of rotatable bonds is 3. The van der Waals surface area contributed by atoms with Gasteiger partial charge in [0.2, 0.25) is 5.91 Å². The van der Waals surface area contributed by atoms with E-state index in [1.807, 2.05) is 0 Å². The molecule has 2 aliphatic heterocycles. The second kappa shape index (κ2) is 5.32. The Morgan fingerprint density at radius 2 is 2.28 bits per heavy atom. The first kappa shape index (κ1) is 12.8. The molecule has 4 amide bonds. The number of nitrogens with zero attached hydrogens (tertiary/aromatic N) is 2. The number of amides is 4. The number of urea groups is 1. The lowest BCUT2D eigenvalue weighted by molar-refractivity contribution is -0.144. The van der Waals surface area contributed by atoms with Crippen LogP contribution in [0.3, 0.4) is 0 Å². The molecule has 0 bridgehead atoms. The molecule has 0 aliphatic carbocycles. The van der Waals surface area contributed by atoms with E-state index in [0.29, 0.717) is 13.2 Å². The maximum Gasteiger partial charge on any atom is 0.325 e. The molecule has 1 unspecified atom stereocenters. The molecule has 0 aromatic rings. The lowest BCUT2D eigenvalue weighted by atomic mass is 10.2. The van der Waals surface area contributed by atoms with Crippen molar-refractivity contribution in [2.75, 3.05) is 39.5 Å². The van der Waals surface area contributed by atoms with Crippen molar-refractivity contribution in [1.29, 1.82) is 0 Å². The number of aliphatic hydroxyl groups is 1. The fraction of sp³-hybridized carbons (Fsp3) is 0.700. The number of carbonyl (C=O) groups is 3. The number of morpholine rings is 1. The van der Waals surface area contributed by atoms with Gasteiger partial charge in [0.15, 0.2) is 0 Å². The monoisotopic (exact) mass is 257 g/mol. The second-order valence-electron chi connectivity index (χ2n) is 4.14. The summed E-state index contributed by atoms with van der Waals surface area (Å²) in [6, 6.07) is -0.964. The zero-order valence-corrected chi connectivity index (χ0v) is 9.79. The van der Waals surface area contributed by atoms with Crippen LogP contribution in [-0.4, -0.2) is 78.2 Å². The minimum absolute atomic E-state index is 0.0708. The average molecular weight is 257 g/mol. The lowest BCUT2D eigenvalue weighted by Crippen LogP contribution is -2.53. The summed E-state index contributed by atoms with van der Waals surface area (Å²) in [7, 11) is 0. The Bertz CT molecular complexity index is 357. The molecule has 2 rings (SSSR count). The molecule has 100 valence electrons. The predicted molar refractivity (Wildman–Crippen MR) is 58.5 cm³/mol. The molecule has 8 nitrogen and oxygen atoms in total. The van der Waals surface area contributed by atoms with Gasteiger partial charge in [-0.25, -0.2) is 4.79 Å². The molecule has 2 N–H and O–H groups in total. The van der Waals surface area contributed by atoms with E-state index < -0.39 is 18.0 Å². The van der Waals surface area contributed by atoms with Gasteiger partial charge in [0.05, 0.1) is 32.4 Å². The third-order valence-corrected chi connectivity index (χ3v) is 2.99. The van der Waals surface area contributed by atoms with Crippen LogP contribution in [0.4, 0.5) is 4.79 Å². The molecule has 2 heterocycles. The number of nitrogens with one attached hydrogen (secondary N) is 1. The summed E-state index contributed by atoms with van der Waals surface area (Å²) < 4.78 is 5.15. The lowest BCUT2D eigenvalue weighted by Gasteiger charge is -2.35. The van der Waals surface area contributed by atoms with Crippen LogP contribution in [0.1, 0.15) is 0 Å². The Morgan fingerprint density at radius 3 is 2.89 bits per heavy atom. The Balaban J connectivity index is 1.98. The van der Waals surface area contributed by atoms with Gasteiger partial charge < -0.3 is 20.1 Å². The van der Waals surface area contributed by atoms with Crippen molar-refractivity contribution in [3.63, 3.8) is 0 Å². The molecular weight excluding hydrogens is 242 g/mol. The highest BCUT2D eigenvalue weighted by molar-refractivity contribution is 6.04. The molecule has 0 aromatic heterocycles. The Labute approximate surface area is 103 Å². The van der Waals surface area contributed by atoms with Gasteiger partial charge in [-0.15, -0.1) is 0 Å². The summed E-state index contributed by atoms with van der Waals surface area (Å²) in [4.78, 5) is 37.0. The summed E-state index contributed by atoms with van der Waals surface area (Å²) >= 11 is 0. The fourth-order valence-corrected chi connectivity index (χ4v) is 1.98. The quantitative estimate of drug-likeness (QED) is 0.557. The molecule has 0 aromatic carbocycles. The maximum atomic E-state index is 12.0. The molecule has 0 saturated carbocycles. The topological polar surface area (TPSA) is 99.2 Å². The summed E-state index contributed by atoms with van der Waals surface area (Å²) in [6.07, 6.45) is 0. The molecule has 2 fully saturated rings. The highest BCUT2D eigenvalue weighted by Crippen LogP contribution is 2.08. The summed E-state index contributed by atoms with van der Waals surface area (Å²) in [5.74, 6) is -0.773. The number of imide groups is 1. The van der Waals surface area contributed by atoms with Gasteiger partial charge in [0.25, 0.3) is 5.91 Å². The van der Waals surface area contributed by atoms with E-state index in [9.17, 15) is 14.4 Å². The van der Waals surface area contributed by atoms with Crippen molar-refractivity contribution >= 4 is 17.8 Å². The van der Waals surface area contributed by atoms with Gasteiger partial charge in [-0.05, 0) is 0 Å². The molecule has 2 aliphatic rings. The third-order valence-electron chi connectivity index (χ3n) is 2.99. The Hall–Kier alpha value is -1.67. The first-order valence-corrected chi connectivity index (χ1v) is 5.69. The molecule has 2 saturated heterocycles. The number of aliphatic hydroxyl groups excluding tert-OH is 1. The Morgan fingerprint density at radius 1 is 1.50 bits per heavy atom. The number of carbonyl (C=O) groups excluding carboxylic acids is 3. The number of hydrogen-bond donors (Lipinski definition) is 2. The molecular formula is C10H15N3O5. The van der Waals surface area contributed by atoms with Crippen LogP contribution in [0.5, 0.6) is 0 Å². The zero-order valence-electron chi connectivity index (χ0n) is 9.79. The van der Waals surface area contributed by atoms with Crippen LogP contribution in [0.15, 0.2) is 0 Å². The van der Waals surface area contributed by atoms with Crippen molar-refractivity contribution in [3.8, 4) is 0 Å². The van der Waals surface area contributed by atoms with Crippen LogP contribution < -0.4 is 5.32 Å². The third kappa shape index (κ3) is 2.44. The summed E-state index contributed by atoms with van der Waals surface area (Å²) in [5, 5.41) is 11.5. The minimum Gasteiger partial charge on any atom is -0.394 e. The van der Waals surface area contributed by atoms with E-state index >= 15 is 0 Å². The van der Waals surface area contributed by atoms with Crippen molar-refractivity contribution in [1.82, 2.24) is 15.1 Å². The first-order valence-electron chi connectivity index (χ1n) is 5.69. The van der Waals surface area contributed by atoms with Crippen molar-refractivity contribution < 1.29 is 24.2 Å². The smallest absolute Gasteiger partial charge is 0.325 e. The standard InChI is InChI=1S/C10H15N3O5/c14-5-7-6-18-2-1-12(7)9(16)4-13-8(15)3-11-10(13)17/h7,14H,1-6H2,(H,11,17). The van der Waals surface area contributed by atoms with Crippen molar-refractivity contribution in [2.24, 2.45) is 0 Å². The van der Waals surface area contributed by atoms with Crippen molar-refractivity contribution in [2.45, 2.75) is 6.04 Å². The van der Waals surface area contributed by atoms with Crippen LogP contribution in [-0.2, 0) is 14.3 Å². The van der Waals surface area contributed by atoms with Gasteiger partial charge in [0, 0.05) is 6.54 Å². The van der Waals surface area contributed by atoms with E-state index in [1.54, 1.807) is 0 Å². The van der Waals surface area contributed by atoms with E-state index in [-0.39, 0.29) is 32.2 Å². The SMILES string of the molecule is O=C1CNC(=O)N1CC(=O)N1CCOCC1CO. The minimum atomic E-state index is -0.554. The molecule has 18 heavy (non-hydrogen) atoms. The van der Waals surface area contributed by atoms with E-state index in [4.69, 9.17) is 9.84 Å². The summed E-state index contributed by atoms with van der Waals surface area (Å²) in [6.45, 7) is 0.449. The number of hydrogen-bond acceptors (Lipinski definition) is 5. The summed E-state index contributed by atoms with van der Waals surface area (Å²) in [5.41, 5.74) is 0. The zero-order chi connectivity index (χ0) is 13.1. The second-order valence-corrected chi connectivity index (χ2v) is 4.14. The van der Waals surface area contributed by atoms with Crippen LogP contribution in [0, 0.1) is 0 Å².